The van der Waals surface area contributed by atoms with E-state index in [4.69, 9.17) is 4.74 Å². The predicted molar refractivity (Wildman–Crippen MR) is 83.1 cm³/mol. The summed E-state index contributed by atoms with van der Waals surface area (Å²) in [6.07, 6.45) is 0.383. The Morgan fingerprint density at radius 2 is 2.05 bits per heavy atom. The molecule has 0 saturated heterocycles. The molecule has 104 valence electrons. The van der Waals surface area contributed by atoms with Crippen LogP contribution in [-0.4, -0.2) is 6.36 Å². The van der Waals surface area contributed by atoms with Gasteiger partial charge in [0.2, 0.25) is 6.36 Å². The third kappa shape index (κ3) is 2.90. The van der Waals surface area contributed by atoms with Gasteiger partial charge in [-0.15, -0.1) is 0 Å². The fourth-order valence-electron chi connectivity index (χ4n) is 2.39. The molecule has 0 aliphatic heterocycles. The molecule has 2 aromatic carbocycles. The first-order chi connectivity index (χ1) is 9.52. The Balaban J connectivity index is 2.64. The fourth-order valence-corrected chi connectivity index (χ4v) is 2.39. The molecule has 0 heterocycles. The molecule has 0 aliphatic rings. The minimum atomic E-state index is -1.33. The van der Waals surface area contributed by atoms with Gasteiger partial charge in [0.05, 0.1) is 0 Å². The molecular weight excluding hydrogens is 251 g/mol. The average Bonchev–Trinajstić information content (AvgIpc) is 2.38. The topological polar surface area (TPSA) is 9.23 Å². The van der Waals surface area contributed by atoms with Crippen molar-refractivity contribution in [3.63, 3.8) is 0 Å². The van der Waals surface area contributed by atoms with Crippen molar-refractivity contribution in [3.8, 4) is 0 Å². The molecule has 2 aromatic rings. The van der Waals surface area contributed by atoms with Gasteiger partial charge in [0.25, 0.3) is 0 Å². The third-order valence-corrected chi connectivity index (χ3v) is 3.25. The van der Waals surface area contributed by atoms with Gasteiger partial charge in [-0.1, -0.05) is 54.6 Å². The second kappa shape index (κ2) is 5.91. The zero-order valence-corrected chi connectivity index (χ0v) is 12.1. The Kier molecular flexibility index (Phi) is 4.23. The Hall–Kier alpha value is -2.09. The second-order valence-corrected chi connectivity index (χ2v) is 4.87. The van der Waals surface area contributed by atoms with Gasteiger partial charge < -0.3 is 4.74 Å². The predicted octanol–water partition coefficient (Wildman–Crippen LogP) is 5.40. The number of allylic oxidation sites excluding steroid dienone is 3. The molecule has 1 unspecified atom stereocenters. The smallest absolute Gasteiger partial charge is 0.235 e. The van der Waals surface area contributed by atoms with E-state index in [-0.39, 0.29) is 0 Å². The zero-order valence-electron chi connectivity index (χ0n) is 12.1. The molecule has 0 spiro atoms. The van der Waals surface area contributed by atoms with Crippen molar-refractivity contribution in [1.29, 1.82) is 0 Å². The Labute approximate surface area is 119 Å². The van der Waals surface area contributed by atoms with E-state index in [1.165, 1.54) is 12.5 Å². The first-order valence-electron chi connectivity index (χ1n) is 6.66. The van der Waals surface area contributed by atoms with Crippen molar-refractivity contribution in [2.45, 2.75) is 27.1 Å². The number of ether oxygens (including phenoxy) is 1. The molecule has 0 bridgehead atoms. The van der Waals surface area contributed by atoms with E-state index in [0.717, 1.165) is 21.9 Å². The molecular formula is C18H19FO. The standard InChI is InChI=1S/C18H19FO/c1-5-16(13(3)20-14(4)19)18-8-6-7-15-11-12(2)9-10-17(15)18/h5-11,14H,1H2,2-4H3. The number of alkyl halides is 1. The van der Waals surface area contributed by atoms with E-state index < -0.39 is 6.36 Å². The van der Waals surface area contributed by atoms with Gasteiger partial charge in [-0.2, -0.15) is 0 Å². The van der Waals surface area contributed by atoms with Crippen LogP contribution >= 0.6 is 0 Å². The van der Waals surface area contributed by atoms with Crippen molar-refractivity contribution in [2.75, 3.05) is 0 Å². The fraction of sp³-hybridized carbons (Fsp3) is 0.222. The molecule has 20 heavy (non-hydrogen) atoms. The summed E-state index contributed by atoms with van der Waals surface area (Å²) in [5.74, 6) is 0.545. The first-order valence-corrected chi connectivity index (χ1v) is 6.66. The number of aryl methyl sites for hydroxylation is 1. The molecule has 0 fully saturated rings. The summed E-state index contributed by atoms with van der Waals surface area (Å²) in [6.45, 7) is 9.03. The molecule has 0 saturated carbocycles. The van der Waals surface area contributed by atoms with Gasteiger partial charge >= 0.3 is 0 Å². The van der Waals surface area contributed by atoms with Crippen LogP contribution in [0.4, 0.5) is 4.39 Å². The number of fused-ring (bicyclic) bond motifs is 1. The van der Waals surface area contributed by atoms with Crippen LogP contribution in [0.5, 0.6) is 0 Å². The van der Waals surface area contributed by atoms with E-state index >= 15 is 0 Å². The normalized spacial score (nSPS) is 13.8. The van der Waals surface area contributed by atoms with Crippen molar-refractivity contribution in [3.05, 3.63) is 65.9 Å². The van der Waals surface area contributed by atoms with Crippen LogP contribution in [-0.2, 0) is 4.74 Å². The van der Waals surface area contributed by atoms with Crippen LogP contribution in [0.1, 0.15) is 25.0 Å². The summed E-state index contributed by atoms with van der Waals surface area (Å²) in [7, 11) is 0. The van der Waals surface area contributed by atoms with Gasteiger partial charge in [-0.3, -0.25) is 0 Å². The number of hydrogen-bond donors (Lipinski definition) is 0. The van der Waals surface area contributed by atoms with Crippen LogP contribution in [0.25, 0.3) is 16.3 Å². The van der Waals surface area contributed by atoms with E-state index in [1.807, 2.05) is 12.1 Å². The van der Waals surface area contributed by atoms with E-state index in [0.29, 0.717) is 5.76 Å². The number of rotatable bonds is 4. The lowest BCUT2D eigenvalue weighted by Gasteiger charge is -2.14. The van der Waals surface area contributed by atoms with E-state index in [9.17, 15) is 4.39 Å². The Morgan fingerprint density at radius 3 is 2.70 bits per heavy atom. The second-order valence-electron chi connectivity index (χ2n) is 4.87. The maximum Gasteiger partial charge on any atom is 0.235 e. The highest BCUT2D eigenvalue weighted by Crippen LogP contribution is 2.29. The van der Waals surface area contributed by atoms with Crippen LogP contribution in [0.2, 0.25) is 0 Å². The minimum absolute atomic E-state index is 0.545. The van der Waals surface area contributed by atoms with Gasteiger partial charge in [-0.25, -0.2) is 4.39 Å². The van der Waals surface area contributed by atoms with Crippen molar-refractivity contribution in [2.24, 2.45) is 0 Å². The van der Waals surface area contributed by atoms with Crippen molar-refractivity contribution >= 4 is 16.3 Å². The molecule has 2 rings (SSSR count). The van der Waals surface area contributed by atoms with E-state index in [2.05, 4.69) is 37.8 Å². The minimum Gasteiger partial charge on any atom is -0.465 e. The maximum absolute atomic E-state index is 13.0. The number of hydrogen-bond acceptors (Lipinski definition) is 1. The maximum atomic E-state index is 13.0. The lowest BCUT2D eigenvalue weighted by Crippen LogP contribution is -2.00. The summed E-state index contributed by atoms with van der Waals surface area (Å²) in [5, 5.41) is 2.27. The highest BCUT2D eigenvalue weighted by Gasteiger charge is 2.10. The molecule has 1 atom stereocenters. The van der Waals surface area contributed by atoms with Crippen LogP contribution in [0, 0.1) is 6.92 Å². The summed E-state index contributed by atoms with van der Waals surface area (Å²) in [4.78, 5) is 0. The third-order valence-electron chi connectivity index (χ3n) is 3.25. The first kappa shape index (κ1) is 14.3. The molecule has 2 heteroatoms. The van der Waals surface area contributed by atoms with Gasteiger partial charge in [0, 0.05) is 12.5 Å². The number of halogens is 1. The molecule has 0 aliphatic carbocycles. The monoisotopic (exact) mass is 270 g/mol. The molecule has 0 radical (unpaired) electrons. The molecule has 0 aromatic heterocycles. The van der Waals surface area contributed by atoms with Crippen LogP contribution < -0.4 is 0 Å². The Bertz CT molecular complexity index is 668. The summed E-state index contributed by atoms with van der Waals surface area (Å²) in [6, 6.07) is 12.3. The highest BCUT2D eigenvalue weighted by atomic mass is 19.1. The van der Waals surface area contributed by atoms with Gasteiger partial charge in [0.15, 0.2) is 0 Å². The van der Waals surface area contributed by atoms with Crippen molar-refractivity contribution < 1.29 is 9.13 Å². The molecule has 0 N–H and O–H groups in total. The van der Waals surface area contributed by atoms with Crippen molar-refractivity contribution in [1.82, 2.24) is 0 Å². The zero-order chi connectivity index (χ0) is 14.7. The van der Waals surface area contributed by atoms with Crippen LogP contribution in [0.15, 0.2) is 54.8 Å². The lowest BCUT2D eigenvalue weighted by molar-refractivity contribution is 0.0242. The summed E-state index contributed by atoms with van der Waals surface area (Å²) < 4.78 is 18.2. The average molecular weight is 270 g/mol. The molecule has 1 nitrogen and oxygen atoms in total. The van der Waals surface area contributed by atoms with Gasteiger partial charge in [-0.05, 0) is 30.2 Å². The molecule has 0 amide bonds. The summed E-state index contributed by atoms with van der Waals surface area (Å²) in [5.41, 5.74) is 3.05. The SMILES string of the molecule is C=CC(=C(C)OC(C)F)c1cccc2cc(C)ccc12. The van der Waals surface area contributed by atoms with Gasteiger partial charge in [0.1, 0.15) is 5.76 Å². The van der Waals surface area contributed by atoms with E-state index in [1.54, 1.807) is 13.0 Å². The largest absolute Gasteiger partial charge is 0.465 e. The van der Waals surface area contributed by atoms with Crippen LogP contribution in [0.3, 0.4) is 0 Å². The summed E-state index contributed by atoms with van der Waals surface area (Å²) >= 11 is 0. The quantitative estimate of drug-likeness (QED) is 0.534. The lowest BCUT2D eigenvalue weighted by atomic mass is 9.96. The Morgan fingerprint density at radius 1 is 1.30 bits per heavy atom. The highest BCUT2D eigenvalue weighted by molar-refractivity contribution is 5.96. The number of benzene rings is 2.